The molecule has 2 aromatic carbocycles. The highest BCUT2D eigenvalue weighted by molar-refractivity contribution is 7.11. The van der Waals surface area contributed by atoms with Crippen LogP contribution in [0.1, 0.15) is 11.9 Å². The van der Waals surface area contributed by atoms with Crippen molar-refractivity contribution in [2.45, 2.75) is 6.92 Å². The minimum Gasteiger partial charge on any atom is -0.494 e. The molecule has 0 aliphatic carbocycles. The molecule has 0 aliphatic rings. The van der Waals surface area contributed by atoms with Gasteiger partial charge in [-0.15, -0.1) is 11.3 Å². The van der Waals surface area contributed by atoms with Gasteiger partial charge in [0.25, 0.3) is 0 Å². The minimum absolute atomic E-state index is 0.306. The van der Waals surface area contributed by atoms with Crippen LogP contribution in [0, 0.1) is 17.1 Å². The summed E-state index contributed by atoms with van der Waals surface area (Å²) in [6, 6.07) is 15.7. The number of nitrogens with zero attached hydrogens (tertiary/aromatic N) is 2. The summed E-state index contributed by atoms with van der Waals surface area (Å²) in [6.45, 7) is 2.56. The highest BCUT2D eigenvalue weighted by atomic mass is 32.1. The molecule has 0 unspecified atom stereocenters. The van der Waals surface area contributed by atoms with E-state index in [9.17, 15) is 9.65 Å². The summed E-state index contributed by atoms with van der Waals surface area (Å²) in [6.07, 6.45) is 1.58. The van der Waals surface area contributed by atoms with E-state index in [-0.39, 0.29) is 5.82 Å². The number of allylic oxidation sites excluding steroid dienone is 1. The lowest BCUT2D eigenvalue weighted by Gasteiger charge is -2.03. The number of hydrogen-bond acceptors (Lipinski definition) is 5. The van der Waals surface area contributed by atoms with E-state index >= 15 is 0 Å². The van der Waals surface area contributed by atoms with Gasteiger partial charge in [0.2, 0.25) is 0 Å². The summed E-state index contributed by atoms with van der Waals surface area (Å²) in [5.74, 6) is 0.507. The standard InChI is InChI=1S/C20H16FN3OS/c1-2-25-18-9-3-14(4-10-18)19-13-26-20(24-19)15(11-22)12-23-17-7-5-16(21)6-8-17/h3-10,12-13,23H,2H2,1H3. The first-order valence-corrected chi connectivity index (χ1v) is 8.89. The molecule has 26 heavy (non-hydrogen) atoms. The Kier molecular flexibility index (Phi) is 5.62. The van der Waals surface area contributed by atoms with E-state index in [0.29, 0.717) is 22.9 Å². The predicted molar refractivity (Wildman–Crippen MR) is 102 cm³/mol. The largest absolute Gasteiger partial charge is 0.494 e. The Morgan fingerprint density at radius 3 is 2.62 bits per heavy atom. The molecule has 0 saturated carbocycles. The van der Waals surface area contributed by atoms with Crippen molar-refractivity contribution in [3.8, 4) is 23.1 Å². The molecule has 1 heterocycles. The predicted octanol–water partition coefficient (Wildman–Crippen LogP) is 5.32. The third kappa shape index (κ3) is 4.26. The van der Waals surface area contributed by atoms with Gasteiger partial charge in [0.05, 0.1) is 12.3 Å². The van der Waals surface area contributed by atoms with Gasteiger partial charge in [0.1, 0.15) is 28.2 Å². The summed E-state index contributed by atoms with van der Waals surface area (Å²) in [5, 5.41) is 14.9. The third-order valence-corrected chi connectivity index (χ3v) is 4.42. The van der Waals surface area contributed by atoms with Gasteiger partial charge in [-0.1, -0.05) is 0 Å². The second kappa shape index (κ2) is 8.28. The van der Waals surface area contributed by atoms with Gasteiger partial charge in [-0.3, -0.25) is 0 Å². The Morgan fingerprint density at radius 1 is 1.23 bits per heavy atom. The van der Waals surface area contributed by atoms with Crippen LogP contribution in [0.4, 0.5) is 10.1 Å². The Morgan fingerprint density at radius 2 is 1.96 bits per heavy atom. The maximum Gasteiger partial charge on any atom is 0.136 e. The molecule has 0 saturated heterocycles. The number of nitrogens with one attached hydrogen (secondary N) is 1. The maximum absolute atomic E-state index is 12.9. The van der Waals surface area contributed by atoms with Crippen molar-refractivity contribution in [1.82, 2.24) is 4.98 Å². The van der Waals surface area contributed by atoms with Gasteiger partial charge in [0.15, 0.2) is 0 Å². The molecule has 1 N–H and O–H groups in total. The van der Waals surface area contributed by atoms with E-state index in [1.165, 1.54) is 23.5 Å². The fraction of sp³-hybridized carbons (Fsp3) is 0.100. The lowest BCUT2D eigenvalue weighted by molar-refractivity contribution is 0.340. The molecule has 1 aromatic heterocycles. The van der Waals surface area contributed by atoms with Gasteiger partial charge in [0, 0.05) is 22.8 Å². The fourth-order valence-electron chi connectivity index (χ4n) is 2.26. The topological polar surface area (TPSA) is 57.9 Å². The number of thiazole rings is 1. The molecule has 3 aromatic rings. The fourth-order valence-corrected chi connectivity index (χ4v) is 3.06. The van der Waals surface area contributed by atoms with Gasteiger partial charge >= 0.3 is 0 Å². The average molecular weight is 365 g/mol. The highest BCUT2D eigenvalue weighted by Crippen LogP contribution is 2.27. The molecule has 0 fully saturated rings. The lowest BCUT2D eigenvalue weighted by atomic mass is 10.2. The maximum atomic E-state index is 12.9. The number of ether oxygens (including phenoxy) is 1. The molecule has 6 heteroatoms. The van der Waals surface area contributed by atoms with E-state index in [0.717, 1.165) is 17.0 Å². The first-order chi connectivity index (χ1) is 12.7. The molecule has 0 aliphatic heterocycles. The van der Waals surface area contributed by atoms with Crippen LogP contribution in [-0.2, 0) is 0 Å². The minimum atomic E-state index is -0.306. The Hall–Kier alpha value is -3.17. The van der Waals surface area contributed by atoms with Crippen LogP contribution in [0.2, 0.25) is 0 Å². The smallest absolute Gasteiger partial charge is 0.136 e. The van der Waals surface area contributed by atoms with Crippen LogP contribution in [0.5, 0.6) is 5.75 Å². The van der Waals surface area contributed by atoms with Crippen molar-refractivity contribution in [1.29, 1.82) is 5.26 Å². The Labute approximate surface area is 155 Å². The van der Waals surface area contributed by atoms with Crippen molar-refractivity contribution in [3.05, 3.63) is 70.9 Å². The van der Waals surface area contributed by atoms with Crippen molar-refractivity contribution in [3.63, 3.8) is 0 Å². The number of rotatable bonds is 6. The van der Waals surface area contributed by atoms with Crippen molar-refractivity contribution < 1.29 is 9.13 Å². The summed E-state index contributed by atoms with van der Waals surface area (Å²) in [4.78, 5) is 4.54. The summed E-state index contributed by atoms with van der Waals surface area (Å²) >= 11 is 1.40. The third-order valence-electron chi connectivity index (χ3n) is 3.54. The zero-order chi connectivity index (χ0) is 18.4. The average Bonchev–Trinajstić information content (AvgIpc) is 3.15. The first kappa shape index (κ1) is 17.6. The van der Waals surface area contributed by atoms with Gasteiger partial charge < -0.3 is 10.1 Å². The monoisotopic (exact) mass is 365 g/mol. The van der Waals surface area contributed by atoms with E-state index in [2.05, 4.69) is 16.4 Å². The van der Waals surface area contributed by atoms with Crippen LogP contribution in [0.25, 0.3) is 16.8 Å². The highest BCUT2D eigenvalue weighted by Gasteiger charge is 2.09. The van der Waals surface area contributed by atoms with E-state index in [4.69, 9.17) is 4.74 Å². The second-order valence-corrected chi connectivity index (χ2v) is 6.17. The number of benzene rings is 2. The van der Waals surface area contributed by atoms with Gasteiger partial charge in [-0.25, -0.2) is 9.37 Å². The zero-order valence-electron chi connectivity index (χ0n) is 14.1. The molecular weight excluding hydrogens is 349 g/mol. The second-order valence-electron chi connectivity index (χ2n) is 5.32. The molecule has 130 valence electrons. The summed E-state index contributed by atoms with van der Waals surface area (Å²) in [7, 11) is 0. The molecule has 0 radical (unpaired) electrons. The SMILES string of the molecule is CCOc1ccc(-c2csc(C(C#N)=CNc3ccc(F)cc3)n2)cc1. The molecular formula is C20H16FN3OS. The number of nitriles is 1. The number of halogens is 1. The van der Waals surface area contributed by atoms with Gasteiger partial charge in [-0.05, 0) is 55.5 Å². The summed E-state index contributed by atoms with van der Waals surface area (Å²) < 4.78 is 18.4. The molecule has 4 nitrogen and oxygen atoms in total. The van der Waals surface area contributed by atoms with Crippen LogP contribution < -0.4 is 10.1 Å². The molecule has 3 rings (SSSR count). The quantitative estimate of drug-likeness (QED) is 0.600. The van der Waals surface area contributed by atoms with Crippen LogP contribution in [-0.4, -0.2) is 11.6 Å². The zero-order valence-corrected chi connectivity index (χ0v) is 14.9. The van der Waals surface area contributed by atoms with Crippen molar-refractivity contribution in [2.24, 2.45) is 0 Å². The Bertz CT molecular complexity index is 940. The molecule has 0 amide bonds. The first-order valence-electron chi connectivity index (χ1n) is 8.01. The van der Waals surface area contributed by atoms with Gasteiger partial charge in [-0.2, -0.15) is 5.26 Å². The van der Waals surface area contributed by atoms with E-state index in [1.54, 1.807) is 18.3 Å². The normalized spacial score (nSPS) is 11.0. The van der Waals surface area contributed by atoms with Crippen LogP contribution in [0.15, 0.2) is 60.1 Å². The van der Waals surface area contributed by atoms with Crippen LogP contribution >= 0.6 is 11.3 Å². The lowest BCUT2D eigenvalue weighted by Crippen LogP contribution is -1.91. The van der Waals surface area contributed by atoms with Crippen molar-refractivity contribution >= 4 is 22.6 Å². The summed E-state index contributed by atoms with van der Waals surface area (Å²) in [5.41, 5.74) is 2.87. The van der Waals surface area contributed by atoms with Crippen LogP contribution in [0.3, 0.4) is 0 Å². The number of anilines is 1. The number of aromatic nitrogens is 1. The molecule has 0 spiro atoms. The van der Waals surface area contributed by atoms with Crippen molar-refractivity contribution in [2.75, 3.05) is 11.9 Å². The number of hydrogen-bond donors (Lipinski definition) is 1. The van der Waals surface area contributed by atoms with E-state index in [1.807, 2.05) is 36.6 Å². The molecule has 0 bridgehead atoms. The molecule has 0 atom stereocenters. The Balaban J connectivity index is 1.77. The van der Waals surface area contributed by atoms with E-state index < -0.39 is 0 Å².